The number of hydrogen-bond acceptors (Lipinski definition) is 3. The molecule has 2 N–H and O–H groups in total. The molecule has 132 valence electrons. The van der Waals surface area contributed by atoms with Crippen LogP contribution < -0.4 is 10.1 Å². The van der Waals surface area contributed by atoms with Gasteiger partial charge in [0.1, 0.15) is 5.75 Å². The third kappa shape index (κ3) is 3.70. The Morgan fingerprint density at radius 3 is 3.12 bits per heavy atom. The number of para-hydroxylation sites is 1. The van der Waals surface area contributed by atoms with Crippen molar-refractivity contribution in [1.29, 1.82) is 0 Å². The van der Waals surface area contributed by atoms with Gasteiger partial charge in [0.2, 0.25) is 5.91 Å². The largest absolute Gasteiger partial charge is 0.493 e. The summed E-state index contributed by atoms with van der Waals surface area (Å²) in [6.07, 6.45) is 6.85. The number of aromatic nitrogens is 2. The number of fused-ring (bicyclic) bond motifs is 2. The van der Waals surface area contributed by atoms with E-state index in [-0.39, 0.29) is 5.91 Å². The van der Waals surface area contributed by atoms with Crippen LogP contribution in [-0.2, 0) is 30.5 Å². The molecular weight excluding hydrogens is 314 g/mol. The number of H-pyrrole nitrogens is 1. The van der Waals surface area contributed by atoms with E-state index < -0.39 is 0 Å². The molecule has 0 saturated carbocycles. The minimum absolute atomic E-state index is 0.103. The predicted octanol–water partition coefficient (Wildman–Crippen LogP) is 2.59. The maximum absolute atomic E-state index is 12.2. The van der Waals surface area contributed by atoms with Gasteiger partial charge in [-0.2, -0.15) is 5.10 Å². The monoisotopic (exact) mass is 339 g/mol. The van der Waals surface area contributed by atoms with Gasteiger partial charge in [0.05, 0.1) is 12.3 Å². The average molecular weight is 339 g/mol. The van der Waals surface area contributed by atoms with Gasteiger partial charge in [-0.25, -0.2) is 0 Å². The van der Waals surface area contributed by atoms with E-state index in [0.717, 1.165) is 37.1 Å². The Balaban J connectivity index is 1.24. The highest BCUT2D eigenvalue weighted by Crippen LogP contribution is 2.26. The number of aromatic amines is 1. The molecule has 1 aromatic heterocycles. The van der Waals surface area contributed by atoms with Crippen LogP contribution in [0.1, 0.15) is 41.8 Å². The van der Waals surface area contributed by atoms with Crippen LogP contribution in [0.15, 0.2) is 24.3 Å². The first-order chi connectivity index (χ1) is 12.3. The first-order valence-corrected chi connectivity index (χ1v) is 9.32. The van der Waals surface area contributed by atoms with Crippen molar-refractivity contribution in [2.45, 2.75) is 44.9 Å². The minimum atomic E-state index is 0.103. The van der Waals surface area contributed by atoms with E-state index in [1.807, 2.05) is 18.2 Å². The lowest BCUT2D eigenvalue weighted by Crippen LogP contribution is -2.34. The molecule has 0 spiro atoms. The standard InChI is InChI=1S/C20H25N3O2/c24-20(10-9-18-16-6-2-3-7-17(16)22-23-18)21-12-14-11-15-5-1-4-8-19(15)25-13-14/h1,4-5,8,14H,2-3,6-7,9-13H2,(H,21,24)(H,22,23). The summed E-state index contributed by atoms with van der Waals surface area (Å²) in [5.74, 6) is 1.43. The molecule has 0 saturated heterocycles. The Hall–Kier alpha value is -2.30. The second-order valence-corrected chi connectivity index (χ2v) is 7.13. The number of rotatable bonds is 5. The first-order valence-electron chi connectivity index (χ1n) is 9.32. The SMILES string of the molecule is O=C(CCc1n[nH]c2c1CCCC2)NCC1COc2ccccc2C1. The molecule has 1 aliphatic carbocycles. The number of carbonyl (C=O) groups excluding carboxylic acids is 1. The van der Waals surface area contributed by atoms with Crippen LogP contribution in [0, 0.1) is 5.92 Å². The van der Waals surface area contributed by atoms with Crippen LogP contribution in [0.2, 0.25) is 0 Å². The van der Waals surface area contributed by atoms with Gasteiger partial charge < -0.3 is 10.1 Å². The maximum Gasteiger partial charge on any atom is 0.220 e. The molecular formula is C20H25N3O2. The number of benzene rings is 1. The first kappa shape index (κ1) is 16.2. The molecule has 2 heterocycles. The highest BCUT2D eigenvalue weighted by Gasteiger charge is 2.21. The van der Waals surface area contributed by atoms with Gasteiger partial charge in [-0.1, -0.05) is 18.2 Å². The number of aryl methyl sites for hydroxylation is 2. The van der Waals surface area contributed by atoms with Gasteiger partial charge in [-0.3, -0.25) is 9.89 Å². The van der Waals surface area contributed by atoms with Crippen molar-refractivity contribution in [2.75, 3.05) is 13.2 Å². The zero-order valence-corrected chi connectivity index (χ0v) is 14.5. The van der Waals surface area contributed by atoms with Crippen molar-refractivity contribution in [3.63, 3.8) is 0 Å². The van der Waals surface area contributed by atoms with Crippen molar-refractivity contribution in [3.8, 4) is 5.75 Å². The van der Waals surface area contributed by atoms with Gasteiger partial charge in [0, 0.05) is 31.0 Å². The summed E-state index contributed by atoms with van der Waals surface area (Å²) in [5, 5.41) is 10.6. The Bertz CT molecular complexity index is 753. The van der Waals surface area contributed by atoms with Crippen LogP contribution in [-0.4, -0.2) is 29.3 Å². The fourth-order valence-electron chi connectivity index (χ4n) is 3.86. The van der Waals surface area contributed by atoms with Crippen LogP contribution in [0.3, 0.4) is 0 Å². The topological polar surface area (TPSA) is 67.0 Å². The van der Waals surface area contributed by atoms with Crippen molar-refractivity contribution >= 4 is 5.91 Å². The number of nitrogens with zero attached hydrogens (tertiary/aromatic N) is 1. The molecule has 0 bridgehead atoms. The quantitative estimate of drug-likeness (QED) is 0.880. The fourth-order valence-corrected chi connectivity index (χ4v) is 3.86. The predicted molar refractivity (Wildman–Crippen MR) is 95.7 cm³/mol. The van der Waals surface area contributed by atoms with Crippen LogP contribution in [0.5, 0.6) is 5.75 Å². The van der Waals surface area contributed by atoms with Crippen molar-refractivity contribution in [1.82, 2.24) is 15.5 Å². The molecule has 5 nitrogen and oxygen atoms in total. The van der Waals surface area contributed by atoms with Crippen LogP contribution in [0.4, 0.5) is 0 Å². The van der Waals surface area contributed by atoms with Crippen molar-refractivity contribution in [2.24, 2.45) is 5.92 Å². The minimum Gasteiger partial charge on any atom is -0.493 e. The molecule has 4 rings (SSSR count). The highest BCUT2D eigenvalue weighted by atomic mass is 16.5. The molecule has 2 aromatic rings. The van der Waals surface area contributed by atoms with E-state index in [4.69, 9.17) is 4.74 Å². The molecule has 5 heteroatoms. The lowest BCUT2D eigenvalue weighted by atomic mass is 9.94. The lowest BCUT2D eigenvalue weighted by molar-refractivity contribution is -0.121. The van der Waals surface area contributed by atoms with E-state index in [9.17, 15) is 4.79 Å². The van der Waals surface area contributed by atoms with E-state index >= 15 is 0 Å². The van der Waals surface area contributed by atoms with Crippen molar-refractivity contribution in [3.05, 3.63) is 46.8 Å². The van der Waals surface area contributed by atoms with E-state index in [1.165, 1.54) is 29.7 Å². The van der Waals surface area contributed by atoms with E-state index in [0.29, 0.717) is 25.5 Å². The second kappa shape index (κ2) is 7.30. The molecule has 0 radical (unpaired) electrons. The third-order valence-electron chi connectivity index (χ3n) is 5.27. The Labute approximate surface area is 148 Å². The highest BCUT2D eigenvalue weighted by molar-refractivity contribution is 5.76. The number of ether oxygens (including phenoxy) is 1. The normalized spacial score (nSPS) is 18.8. The summed E-state index contributed by atoms with van der Waals surface area (Å²) in [6, 6.07) is 8.14. The van der Waals surface area contributed by atoms with E-state index in [1.54, 1.807) is 0 Å². The summed E-state index contributed by atoms with van der Waals surface area (Å²) < 4.78 is 5.78. The summed E-state index contributed by atoms with van der Waals surface area (Å²) in [7, 11) is 0. The van der Waals surface area contributed by atoms with Crippen LogP contribution >= 0.6 is 0 Å². The molecule has 1 atom stereocenters. The van der Waals surface area contributed by atoms with Gasteiger partial charge in [0.15, 0.2) is 0 Å². The summed E-state index contributed by atoms with van der Waals surface area (Å²) in [5.41, 5.74) is 4.95. The molecule has 1 aliphatic heterocycles. The Morgan fingerprint density at radius 2 is 2.16 bits per heavy atom. The average Bonchev–Trinajstić information content (AvgIpc) is 3.08. The molecule has 0 fully saturated rings. The zero-order valence-electron chi connectivity index (χ0n) is 14.5. The van der Waals surface area contributed by atoms with Gasteiger partial charge >= 0.3 is 0 Å². The smallest absolute Gasteiger partial charge is 0.220 e. The molecule has 2 aliphatic rings. The number of nitrogens with one attached hydrogen (secondary N) is 2. The second-order valence-electron chi connectivity index (χ2n) is 7.13. The fraction of sp³-hybridized carbons (Fsp3) is 0.500. The lowest BCUT2D eigenvalue weighted by Gasteiger charge is -2.25. The molecule has 25 heavy (non-hydrogen) atoms. The number of hydrogen-bond donors (Lipinski definition) is 2. The molecule has 1 unspecified atom stereocenters. The Kier molecular flexibility index (Phi) is 4.72. The van der Waals surface area contributed by atoms with Crippen molar-refractivity contribution < 1.29 is 9.53 Å². The summed E-state index contributed by atoms with van der Waals surface area (Å²) in [4.78, 5) is 12.2. The molecule has 1 amide bonds. The molecule has 1 aromatic carbocycles. The summed E-state index contributed by atoms with van der Waals surface area (Å²) >= 11 is 0. The number of amides is 1. The van der Waals surface area contributed by atoms with Gasteiger partial charge in [-0.15, -0.1) is 0 Å². The third-order valence-corrected chi connectivity index (χ3v) is 5.27. The maximum atomic E-state index is 12.2. The van der Waals surface area contributed by atoms with Gasteiger partial charge in [-0.05, 0) is 49.3 Å². The van der Waals surface area contributed by atoms with Crippen LogP contribution in [0.25, 0.3) is 0 Å². The zero-order chi connectivity index (χ0) is 17.1. The van der Waals surface area contributed by atoms with Gasteiger partial charge in [0.25, 0.3) is 0 Å². The van der Waals surface area contributed by atoms with E-state index in [2.05, 4.69) is 21.6 Å². The number of carbonyl (C=O) groups is 1. The summed E-state index contributed by atoms with van der Waals surface area (Å²) in [6.45, 7) is 1.34. The Morgan fingerprint density at radius 1 is 1.28 bits per heavy atom.